The summed E-state index contributed by atoms with van der Waals surface area (Å²) in [6, 6.07) is 9.70. The second-order valence-electron chi connectivity index (χ2n) is 6.18. The van der Waals surface area contributed by atoms with Gasteiger partial charge >= 0.3 is 6.18 Å². The molecular formula is C19H14ClF3N2O3. The van der Waals surface area contributed by atoms with E-state index in [9.17, 15) is 27.6 Å². The first kappa shape index (κ1) is 19.9. The van der Waals surface area contributed by atoms with Crippen LogP contribution in [0.1, 0.15) is 27.9 Å². The Labute approximate surface area is 163 Å². The molecule has 2 aromatic rings. The molecule has 0 unspecified atom stereocenters. The summed E-state index contributed by atoms with van der Waals surface area (Å²) in [5.74, 6) is -1.55. The lowest BCUT2D eigenvalue weighted by Gasteiger charge is -2.26. The number of hydrogen-bond acceptors (Lipinski definition) is 3. The van der Waals surface area contributed by atoms with Crippen molar-refractivity contribution in [2.24, 2.45) is 0 Å². The Bertz CT molecular complexity index is 960. The highest BCUT2D eigenvalue weighted by atomic mass is 35.5. The van der Waals surface area contributed by atoms with Crippen molar-refractivity contribution in [2.45, 2.75) is 19.0 Å². The Kier molecular flexibility index (Phi) is 5.42. The van der Waals surface area contributed by atoms with Gasteiger partial charge in [0, 0.05) is 24.2 Å². The predicted molar refractivity (Wildman–Crippen MR) is 95.9 cm³/mol. The van der Waals surface area contributed by atoms with Crippen LogP contribution in [0.25, 0.3) is 0 Å². The van der Waals surface area contributed by atoms with Crippen molar-refractivity contribution >= 4 is 35.0 Å². The highest BCUT2D eigenvalue weighted by Gasteiger charge is 2.34. The summed E-state index contributed by atoms with van der Waals surface area (Å²) in [5, 5.41) is 1.85. The van der Waals surface area contributed by atoms with Gasteiger partial charge in [0.2, 0.25) is 11.8 Å². The van der Waals surface area contributed by atoms with Crippen molar-refractivity contribution in [2.75, 3.05) is 11.9 Å². The predicted octanol–water partition coefficient (Wildman–Crippen LogP) is 3.91. The number of halogens is 4. The van der Waals surface area contributed by atoms with Crippen LogP contribution in [-0.2, 0) is 22.2 Å². The molecule has 0 atom stereocenters. The van der Waals surface area contributed by atoms with Crippen molar-refractivity contribution < 1.29 is 27.6 Å². The molecule has 0 bridgehead atoms. The highest BCUT2D eigenvalue weighted by molar-refractivity contribution is 6.31. The van der Waals surface area contributed by atoms with Gasteiger partial charge in [0.05, 0.1) is 17.0 Å². The smallest absolute Gasteiger partial charge is 0.326 e. The van der Waals surface area contributed by atoms with Gasteiger partial charge in [-0.1, -0.05) is 29.8 Å². The first-order chi connectivity index (χ1) is 13.2. The number of imide groups is 1. The Balaban J connectivity index is 1.65. The lowest BCUT2D eigenvalue weighted by atomic mass is 9.98. The summed E-state index contributed by atoms with van der Waals surface area (Å²) in [6.07, 6.45) is -4.85. The molecule has 0 fully saturated rings. The van der Waals surface area contributed by atoms with Crippen LogP contribution in [-0.4, -0.2) is 29.2 Å². The second kappa shape index (κ2) is 7.63. The van der Waals surface area contributed by atoms with Crippen LogP contribution >= 0.6 is 11.6 Å². The van der Waals surface area contributed by atoms with Gasteiger partial charge in [-0.2, -0.15) is 13.2 Å². The second-order valence-corrected chi connectivity index (χ2v) is 6.58. The maximum absolute atomic E-state index is 12.9. The van der Waals surface area contributed by atoms with E-state index in [0.717, 1.165) is 17.0 Å². The summed E-state index contributed by atoms with van der Waals surface area (Å²) in [4.78, 5) is 37.7. The summed E-state index contributed by atoms with van der Waals surface area (Å²) in [6.45, 7) is -0.169. The molecule has 1 heterocycles. The van der Waals surface area contributed by atoms with Crippen molar-refractivity contribution in [3.05, 3.63) is 64.2 Å². The van der Waals surface area contributed by atoms with E-state index in [-0.39, 0.29) is 25.1 Å². The maximum Gasteiger partial charge on any atom is 0.417 e. The third kappa shape index (κ3) is 4.17. The molecular weight excluding hydrogens is 397 g/mol. The zero-order valence-electron chi connectivity index (χ0n) is 14.3. The number of carbonyl (C=O) groups excluding carboxylic acids is 3. The van der Waals surface area contributed by atoms with Crippen LogP contribution < -0.4 is 5.32 Å². The zero-order valence-corrected chi connectivity index (χ0v) is 15.1. The summed E-state index contributed by atoms with van der Waals surface area (Å²) in [5.41, 5.74) is -0.123. The van der Waals surface area contributed by atoms with Crippen LogP contribution in [0.15, 0.2) is 42.5 Å². The Morgan fingerprint density at radius 2 is 1.86 bits per heavy atom. The summed E-state index contributed by atoms with van der Waals surface area (Å²) in [7, 11) is 0. The van der Waals surface area contributed by atoms with Gasteiger partial charge in [0.1, 0.15) is 0 Å². The maximum atomic E-state index is 12.9. The number of hydrogen-bond donors (Lipinski definition) is 1. The molecule has 0 saturated carbocycles. The quantitative estimate of drug-likeness (QED) is 0.777. The van der Waals surface area contributed by atoms with Crippen LogP contribution in [0.2, 0.25) is 5.02 Å². The number of benzene rings is 2. The molecule has 1 aliphatic heterocycles. The average Bonchev–Trinajstić information content (AvgIpc) is 2.62. The number of carbonyl (C=O) groups is 3. The standard InChI is InChI=1S/C19H14ClF3N2O3/c20-15-6-5-12(10-14(15)19(21,22)23)24-16(26)7-8-25-17(27)9-11-3-1-2-4-13(11)18(25)28/h1-6,10H,7-9H2,(H,24,26). The van der Waals surface area contributed by atoms with Gasteiger partial charge in [-0.3, -0.25) is 19.3 Å². The van der Waals surface area contributed by atoms with Gasteiger partial charge in [-0.15, -0.1) is 0 Å². The van der Waals surface area contributed by atoms with Gasteiger partial charge < -0.3 is 5.32 Å². The van der Waals surface area contributed by atoms with Gasteiger partial charge in [0.25, 0.3) is 5.91 Å². The van der Waals surface area contributed by atoms with Crippen LogP contribution in [0.4, 0.5) is 18.9 Å². The van der Waals surface area contributed by atoms with E-state index >= 15 is 0 Å². The lowest BCUT2D eigenvalue weighted by molar-refractivity contribution is -0.137. The zero-order chi connectivity index (χ0) is 20.5. The van der Waals surface area contributed by atoms with Crippen LogP contribution in [0.3, 0.4) is 0 Å². The van der Waals surface area contributed by atoms with Gasteiger partial charge in [-0.05, 0) is 29.8 Å². The number of rotatable bonds is 4. The number of anilines is 1. The number of amides is 3. The summed E-state index contributed by atoms with van der Waals surface area (Å²) < 4.78 is 38.7. The molecule has 9 heteroatoms. The first-order valence-electron chi connectivity index (χ1n) is 8.26. The van der Waals surface area contributed by atoms with Crippen LogP contribution in [0, 0.1) is 0 Å². The Hall–Kier alpha value is -2.87. The van der Waals surface area contributed by atoms with Crippen molar-refractivity contribution in [1.82, 2.24) is 4.90 Å². The molecule has 3 rings (SSSR count). The van der Waals surface area contributed by atoms with E-state index in [4.69, 9.17) is 11.6 Å². The van der Waals surface area contributed by atoms with Gasteiger partial charge in [0.15, 0.2) is 0 Å². The molecule has 1 N–H and O–H groups in total. The molecule has 28 heavy (non-hydrogen) atoms. The largest absolute Gasteiger partial charge is 0.417 e. The van der Waals surface area contributed by atoms with E-state index in [0.29, 0.717) is 11.1 Å². The van der Waals surface area contributed by atoms with Crippen molar-refractivity contribution in [1.29, 1.82) is 0 Å². The number of alkyl halides is 3. The van der Waals surface area contributed by atoms with Gasteiger partial charge in [-0.25, -0.2) is 0 Å². The Morgan fingerprint density at radius 1 is 1.14 bits per heavy atom. The molecule has 0 spiro atoms. The van der Waals surface area contributed by atoms with Crippen molar-refractivity contribution in [3.8, 4) is 0 Å². The first-order valence-corrected chi connectivity index (χ1v) is 8.64. The third-order valence-electron chi connectivity index (χ3n) is 4.25. The van der Waals surface area contributed by atoms with Crippen molar-refractivity contribution in [3.63, 3.8) is 0 Å². The van der Waals surface area contributed by atoms with Crippen LogP contribution in [0.5, 0.6) is 0 Å². The molecule has 146 valence electrons. The number of nitrogens with one attached hydrogen (secondary N) is 1. The topological polar surface area (TPSA) is 66.5 Å². The fourth-order valence-electron chi connectivity index (χ4n) is 2.88. The molecule has 0 radical (unpaired) electrons. The lowest BCUT2D eigenvalue weighted by Crippen LogP contribution is -2.43. The van der Waals surface area contributed by atoms with E-state index in [1.165, 1.54) is 6.07 Å². The normalized spacial score (nSPS) is 14.1. The number of fused-ring (bicyclic) bond motifs is 1. The fourth-order valence-corrected chi connectivity index (χ4v) is 3.11. The molecule has 3 amide bonds. The minimum atomic E-state index is -4.65. The third-order valence-corrected chi connectivity index (χ3v) is 4.58. The average molecular weight is 411 g/mol. The van der Waals surface area contributed by atoms with E-state index < -0.39 is 34.5 Å². The van der Waals surface area contributed by atoms with E-state index in [2.05, 4.69) is 5.32 Å². The molecule has 0 aromatic heterocycles. The molecule has 2 aromatic carbocycles. The monoisotopic (exact) mass is 410 g/mol. The highest BCUT2D eigenvalue weighted by Crippen LogP contribution is 2.36. The molecule has 5 nitrogen and oxygen atoms in total. The summed E-state index contributed by atoms with van der Waals surface area (Å²) >= 11 is 5.54. The molecule has 0 aliphatic carbocycles. The number of nitrogens with zero attached hydrogens (tertiary/aromatic N) is 1. The minimum absolute atomic E-state index is 0.0512. The minimum Gasteiger partial charge on any atom is -0.326 e. The molecule has 1 aliphatic rings. The SMILES string of the molecule is O=C(CCN1C(=O)Cc2ccccc2C1=O)Nc1ccc(Cl)c(C(F)(F)F)c1. The molecule has 0 saturated heterocycles. The van der Waals surface area contributed by atoms with E-state index in [1.54, 1.807) is 24.3 Å². The Morgan fingerprint density at radius 3 is 2.57 bits per heavy atom. The van der Waals surface area contributed by atoms with E-state index in [1.807, 2.05) is 0 Å². The fraction of sp³-hybridized carbons (Fsp3) is 0.211.